The number of hydrogen-bond donors (Lipinski definition) is 2. The zero-order valence-electron chi connectivity index (χ0n) is 12.5. The molecule has 3 rings (SSSR count). The number of aromatic amines is 1. The highest BCUT2D eigenvalue weighted by Gasteiger charge is 2.33. The molecule has 0 spiro atoms. The van der Waals surface area contributed by atoms with Gasteiger partial charge in [-0.15, -0.1) is 0 Å². The summed E-state index contributed by atoms with van der Waals surface area (Å²) in [6.07, 6.45) is 1.85. The highest BCUT2D eigenvalue weighted by molar-refractivity contribution is 5.97. The summed E-state index contributed by atoms with van der Waals surface area (Å²) in [6, 6.07) is 5.35. The van der Waals surface area contributed by atoms with Gasteiger partial charge >= 0.3 is 0 Å². The minimum Gasteiger partial charge on any atom is -0.496 e. The number of hydrogen-bond acceptors (Lipinski definition) is 5. The largest absolute Gasteiger partial charge is 0.496 e. The molecule has 2 atom stereocenters. The molecular formula is C15H18N4O3. The first-order chi connectivity index (χ1) is 10.7. The van der Waals surface area contributed by atoms with Gasteiger partial charge in [-0.05, 0) is 31.0 Å². The molecule has 0 radical (unpaired) electrons. The van der Waals surface area contributed by atoms with Crippen LogP contribution in [0.4, 0.5) is 0 Å². The minimum atomic E-state index is -0.303. The molecule has 2 N–H and O–H groups in total. The van der Waals surface area contributed by atoms with E-state index in [0.29, 0.717) is 23.7 Å². The smallest absolute Gasteiger partial charge is 0.255 e. The van der Waals surface area contributed by atoms with Gasteiger partial charge in [0.05, 0.1) is 18.7 Å². The van der Waals surface area contributed by atoms with Gasteiger partial charge in [0, 0.05) is 6.61 Å². The molecule has 7 nitrogen and oxygen atoms in total. The molecule has 2 aromatic rings. The fourth-order valence-electron chi connectivity index (χ4n) is 2.59. The Morgan fingerprint density at radius 1 is 1.50 bits per heavy atom. The van der Waals surface area contributed by atoms with Gasteiger partial charge in [0.2, 0.25) is 0 Å². The molecule has 0 bridgehead atoms. The maximum atomic E-state index is 12.5. The van der Waals surface area contributed by atoms with Gasteiger partial charge in [0.15, 0.2) is 5.82 Å². The number of benzene rings is 1. The van der Waals surface area contributed by atoms with E-state index < -0.39 is 0 Å². The maximum absolute atomic E-state index is 12.5. The fraction of sp³-hybridized carbons (Fsp3) is 0.400. The number of carbonyl (C=O) groups excluding carboxylic acids is 1. The van der Waals surface area contributed by atoms with E-state index in [1.54, 1.807) is 13.2 Å². The van der Waals surface area contributed by atoms with Crippen molar-refractivity contribution >= 4 is 5.91 Å². The topological polar surface area (TPSA) is 89.1 Å². The molecule has 22 heavy (non-hydrogen) atoms. The lowest BCUT2D eigenvalue weighted by Crippen LogP contribution is -2.37. The number of amides is 1. The molecular weight excluding hydrogens is 284 g/mol. The Balaban J connectivity index is 1.76. The highest BCUT2D eigenvalue weighted by Crippen LogP contribution is 2.27. The first-order valence-electron chi connectivity index (χ1n) is 7.11. The normalized spacial score (nSPS) is 20.8. The van der Waals surface area contributed by atoms with Crippen LogP contribution in [0.3, 0.4) is 0 Å². The number of aryl methyl sites for hydroxylation is 1. The second kappa shape index (κ2) is 6.15. The lowest BCUT2D eigenvalue weighted by molar-refractivity contribution is 0.0790. The second-order valence-electron chi connectivity index (χ2n) is 5.23. The van der Waals surface area contributed by atoms with Crippen molar-refractivity contribution in [2.45, 2.75) is 25.5 Å². The lowest BCUT2D eigenvalue weighted by atomic mass is 10.1. The lowest BCUT2D eigenvalue weighted by Gasteiger charge is -2.18. The molecule has 7 heteroatoms. The van der Waals surface area contributed by atoms with Gasteiger partial charge < -0.3 is 14.8 Å². The molecule has 1 amide bonds. The van der Waals surface area contributed by atoms with Crippen LogP contribution in [0.1, 0.15) is 34.3 Å². The molecule has 0 aliphatic carbocycles. The summed E-state index contributed by atoms with van der Waals surface area (Å²) in [6.45, 7) is 2.52. The van der Waals surface area contributed by atoms with Crippen molar-refractivity contribution in [2.75, 3.05) is 13.7 Å². The predicted octanol–water partition coefficient (Wildman–Crippen LogP) is 1.38. The van der Waals surface area contributed by atoms with E-state index in [1.807, 2.05) is 19.1 Å². The summed E-state index contributed by atoms with van der Waals surface area (Å²) in [4.78, 5) is 16.6. The highest BCUT2D eigenvalue weighted by atomic mass is 16.5. The zero-order valence-corrected chi connectivity index (χ0v) is 12.5. The standard InChI is InChI=1S/C15H18N4O3/c1-9-3-4-10(12(7-9)21-2)15(20)18-11-5-6-22-13(11)14-16-8-17-19-14/h3-4,7-8,11,13H,5-6H2,1-2H3,(H,18,20)(H,16,17,19)/t11-,13+/m0/s1. The van der Waals surface area contributed by atoms with E-state index in [9.17, 15) is 4.79 Å². The van der Waals surface area contributed by atoms with Crippen molar-refractivity contribution in [3.05, 3.63) is 41.5 Å². The van der Waals surface area contributed by atoms with Crippen molar-refractivity contribution in [1.29, 1.82) is 0 Å². The van der Waals surface area contributed by atoms with E-state index in [-0.39, 0.29) is 18.1 Å². The number of ether oxygens (including phenoxy) is 2. The molecule has 1 aliphatic rings. The Kier molecular flexibility index (Phi) is 4.06. The summed E-state index contributed by atoms with van der Waals surface area (Å²) in [5.74, 6) is 1.00. The molecule has 0 unspecified atom stereocenters. The Bertz CT molecular complexity index is 657. The summed E-state index contributed by atoms with van der Waals surface area (Å²) in [7, 11) is 1.56. The fourth-order valence-corrected chi connectivity index (χ4v) is 2.59. The van der Waals surface area contributed by atoms with Crippen molar-refractivity contribution in [3.8, 4) is 5.75 Å². The van der Waals surface area contributed by atoms with Gasteiger partial charge in [-0.1, -0.05) is 6.07 Å². The summed E-state index contributed by atoms with van der Waals surface area (Å²) in [5, 5.41) is 9.61. The van der Waals surface area contributed by atoms with E-state index in [2.05, 4.69) is 20.5 Å². The first kappa shape index (κ1) is 14.5. The Morgan fingerprint density at radius 3 is 3.09 bits per heavy atom. The molecule has 1 aliphatic heterocycles. The Hall–Kier alpha value is -2.41. The van der Waals surface area contributed by atoms with Crippen LogP contribution in [0, 0.1) is 6.92 Å². The number of methoxy groups -OCH3 is 1. The van der Waals surface area contributed by atoms with Crippen LogP contribution in [-0.2, 0) is 4.74 Å². The minimum absolute atomic E-state index is 0.147. The van der Waals surface area contributed by atoms with Crippen molar-refractivity contribution in [3.63, 3.8) is 0 Å². The summed E-state index contributed by atoms with van der Waals surface area (Å²) < 4.78 is 10.9. The Morgan fingerprint density at radius 2 is 2.36 bits per heavy atom. The average Bonchev–Trinajstić information content (AvgIpc) is 3.17. The molecule has 0 saturated carbocycles. The zero-order chi connectivity index (χ0) is 15.5. The molecule has 1 fully saturated rings. The van der Waals surface area contributed by atoms with Crippen molar-refractivity contribution < 1.29 is 14.3 Å². The predicted molar refractivity (Wildman–Crippen MR) is 78.7 cm³/mol. The Labute approximate surface area is 128 Å². The first-order valence-corrected chi connectivity index (χ1v) is 7.11. The molecule has 1 saturated heterocycles. The number of rotatable bonds is 4. The summed E-state index contributed by atoms with van der Waals surface area (Å²) >= 11 is 0. The number of carbonyl (C=O) groups is 1. The quantitative estimate of drug-likeness (QED) is 0.890. The van der Waals surface area contributed by atoms with Crippen LogP contribution >= 0.6 is 0 Å². The average molecular weight is 302 g/mol. The molecule has 116 valence electrons. The third-order valence-corrected chi connectivity index (χ3v) is 3.71. The van der Waals surface area contributed by atoms with E-state index in [4.69, 9.17) is 9.47 Å². The molecule has 2 heterocycles. The van der Waals surface area contributed by atoms with E-state index >= 15 is 0 Å². The van der Waals surface area contributed by atoms with Crippen molar-refractivity contribution in [2.24, 2.45) is 0 Å². The monoisotopic (exact) mass is 302 g/mol. The maximum Gasteiger partial charge on any atom is 0.255 e. The van der Waals surface area contributed by atoms with Crippen LogP contribution in [0.25, 0.3) is 0 Å². The third kappa shape index (κ3) is 2.80. The van der Waals surface area contributed by atoms with Gasteiger partial charge in [0.25, 0.3) is 5.91 Å². The molecule has 1 aromatic carbocycles. The van der Waals surface area contributed by atoms with Crippen LogP contribution < -0.4 is 10.1 Å². The van der Waals surface area contributed by atoms with Crippen LogP contribution in [0.2, 0.25) is 0 Å². The second-order valence-corrected chi connectivity index (χ2v) is 5.23. The van der Waals surface area contributed by atoms with Crippen LogP contribution in [-0.4, -0.2) is 40.8 Å². The number of H-pyrrole nitrogens is 1. The number of nitrogens with one attached hydrogen (secondary N) is 2. The van der Waals surface area contributed by atoms with Gasteiger partial charge in [0.1, 0.15) is 18.2 Å². The van der Waals surface area contributed by atoms with Gasteiger partial charge in [-0.25, -0.2) is 4.98 Å². The van der Waals surface area contributed by atoms with E-state index in [1.165, 1.54) is 6.33 Å². The van der Waals surface area contributed by atoms with Gasteiger partial charge in [-0.2, -0.15) is 5.10 Å². The summed E-state index contributed by atoms with van der Waals surface area (Å²) in [5.41, 5.74) is 1.55. The van der Waals surface area contributed by atoms with Crippen LogP contribution in [0.15, 0.2) is 24.5 Å². The SMILES string of the molecule is COc1cc(C)ccc1C(=O)N[C@H]1CCO[C@H]1c1ncn[nH]1. The van der Waals surface area contributed by atoms with E-state index in [0.717, 1.165) is 12.0 Å². The molecule has 1 aromatic heterocycles. The van der Waals surface area contributed by atoms with Gasteiger partial charge in [-0.3, -0.25) is 9.89 Å². The number of nitrogens with zero attached hydrogens (tertiary/aromatic N) is 2. The van der Waals surface area contributed by atoms with Crippen molar-refractivity contribution in [1.82, 2.24) is 20.5 Å². The number of aromatic nitrogens is 3. The van der Waals surface area contributed by atoms with Crippen LogP contribution in [0.5, 0.6) is 5.75 Å². The third-order valence-electron chi connectivity index (χ3n) is 3.71.